The molecule has 21 heavy (non-hydrogen) atoms. The first-order valence-corrected chi connectivity index (χ1v) is 6.76. The van der Waals surface area contributed by atoms with Gasteiger partial charge in [-0.25, -0.2) is 4.39 Å². The fraction of sp³-hybridized carbons (Fsp3) is 0.417. The number of carbonyl (C=O) groups is 1. The van der Waals surface area contributed by atoms with Crippen LogP contribution in [-0.2, 0) is 9.53 Å². The second kappa shape index (κ2) is 5.57. The van der Waals surface area contributed by atoms with Crippen LogP contribution in [0.15, 0.2) is 16.6 Å². The highest BCUT2D eigenvalue weighted by Gasteiger charge is 2.47. The number of hydrogen-bond acceptors (Lipinski definition) is 5. The highest BCUT2D eigenvalue weighted by molar-refractivity contribution is 9.10. The molecule has 1 aromatic carbocycles. The Labute approximate surface area is 127 Å². The van der Waals surface area contributed by atoms with Crippen molar-refractivity contribution >= 4 is 33.3 Å². The molecular formula is C12H12BrFN2O5. The van der Waals surface area contributed by atoms with Gasteiger partial charge in [0, 0.05) is 12.1 Å². The van der Waals surface area contributed by atoms with Crippen molar-refractivity contribution < 1.29 is 24.0 Å². The number of rotatable bonds is 4. The first-order chi connectivity index (χ1) is 9.75. The maximum atomic E-state index is 13.6. The van der Waals surface area contributed by atoms with Gasteiger partial charge >= 0.3 is 5.97 Å². The fourth-order valence-electron chi connectivity index (χ4n) is 2.08. The Morgan fingerprint density at radius 3 is 2.90 bits per heavy atom. The average molecular weight is 363 g/mol. The van der Waals surface area contributed by atoms with E-state index in [-0.39, 0.29) is 29.1 Å². The number of nitro benzene ring substituents is 1. The molecule has 2 atom stereocenters. The van der Waals surface area contributed by atoms with Gasteiger partial charge in [0.15, 0.2) is 0 Å². The molecule has 1 aromatic rings. The van der Waals surface area contributed by atoms with Crippen molar-refractivity contribution in [2.75, 3.05) is 18.5 Å². The van der Waals surface area contributed by atoms with Gasteiger partial charge in [0.1, 0.15) is 16.9 Å². The fourth-order valence-corrected chi connectivity index (χ4v) is 2.41. The molecule has 1 aliphatic heterocycles. The first kappa shape index (κ1) is 15.6. The van der Waals surface area contributed by atoms with Crippen LogP contribution in [0.4, 0.5) is 15.8 Å². The monoisotopic (exact) mass is 362 g/mol. The van der Waals surface area contributed by atoms with Gasteiger partial charge in [0.25, 0.3) is 5.69 Å². The quantitative estimate of drug-likeness (QED) is 0.629. The van der Waals surface area contributed by atoms with Gasteiger partial charge in [-0.15, -0.1) is 0 Å². The Morgan fingerprint density at radius 1 is 1.67 bits per heavy atom. The molecule has 0 aromatic heterocycles. The number of ether oxygens (including phenoxy) is 1. The zero-order valence-corrected chi connectivity index (χ0v) is 12.5. The molecule has 2 unspecified atom stereocenters. The van der Waals surface area contributed by atoms with Gasteiger partial charge in [-0.3, -0.25) is 14.9 Å². The van der Waals surface area contributed by atoms with E-state index in [9.17, 15) is 24.4 Å². The normalized spacial score (nSPS) is 24.8. The summed E-state index contributed by atoms with van der Waals surface area (Å²) in [6.07, 6.45) is 0. The molecule has 0 radical (unpaired) electrons. The zero-order valence-electron chi connectivity index (χ0n) is 10.9. The number of nitro groups is 1. The van der Waals surface area contributed by atoms with Crippen molar-refractivity contribution in [3.05, 3.63) is 32.5 Å². The Balaban J connectivity index is 2.37. The number of anilines is 1. The molecule has 0 aliphatic carbocycles. The van der Waals surface area contributed by atoms with Crippen LogP contribution in [-0.4, -0.2) is 35.3 Å². The van der Waals surface area contributed by atoms with E-state index in [1.54, 1.807) is 0 Å². The minimum Gasteiger partial charge on any atom is -0.481 e. The van der Waals surface area contributed by atoms with E-state index in [0.29, 0.717) is 0 Å². The summed E-state index contributed by atoms with van der Waals surface area (Å²) >= 11 is 2.88. The zero-order chi connectivity index (χ0) is 15.8. The van der Waals surface area contributed by atoms with Gasteiger partial charge in [-0.1, -0.05) is 0 Å². The third-order valence-corrected chi connectivity index (χ3v) is 4.12. The Hall–Kier alpha value is -1.74. The molecule has 2 rings (SSSR count). The number of halogens is 2. The van der Waals surface area contributed by atoms with Gasteiger partial charge in [0.2, 0.25) is 0 Å². The first-order valence-electron chi connectivity index (χ1n) is 5.97. The standard InChI is InChI=1S/C12H12BrFN2O5/c1-12(11(17)18)5-21-4-10(12)15-8-3-7(14)6(13)2-9(8)16(19)20/h2-3,10,15H,4-5H2,1H3,(H,17,18). The lowest BCUT2D eigenvalue weighted by Crippen LogP contribution is -2.43. The molecule has 9 heteroatoms. The SMILES string of the molecule is CC1(C(=O)O)COCC1Nc1cc(F)c(Br)cc1[N+](=O)[O-]. The molecular weight excluding hydrogens is 351 g/mol. The molecule has 0 bridgehead atoms. The molecule has 2 N–H and O–H groups in total. The van der Waals surface area contributed by atoms with E-state index in [1.807, 2.05) is 0 Å². The molecule has 1 saturated heterocycles. The molecule has 0 spiro atoms. The smallest absolute Gasteiger partial charge is 0.313 e. The number of nitrogens with one attached hydrogen (secondary N) is 1. The van der Waals surface area contributed by atoms with Crippen LogP contribution in [0, 0.1) is 21.3 Å². The van der Waals surface area contributed by atoms with Crippen molar-refractivity contribution in [3.63, 3.8) is 0 Å². The van der Waals surface area contributed by atoms with Crippen molar-refractivity contribution in [2.45, 2.75) is 13.0 Å². The van der Waals surface area contributed by atoms with Crippen molar-refractivity contribution in [1.82, 2.24) is 0 Å². The van der Waals surface area contributed by atoms with Crippen molar-refractivity contribution in [2.24, 2.45) is 5.41 Å². The number of benzene rings is 1. The third-order valence-electron chi connectivity index (χ3n) is 3.51. The second-order valence-electron chi connectivity index (χ2n) is 4.98. The molecule has 1 fully saturated rings. The average Bonchev–Trinajstić information content (AvgIpc) is 2.76. The highest BCUT2D eigenvalue weighted by Crippen LogP contribution is 2.36. The predicted molar refractivity (Wildman–Crippen MR) is 74.7 cm³/mol. The van der Waals surface area contributed by atoms with Gasteiger partial charge in [-0.2, -0.15) is 0 Å². The van der Waals surface area contributed by atoms with Gasteiger partial charge < -0.3 is 15.2 Å². The van der Waals surface area contributed by atoms with E-state index in [1.165, 1.54) is 6.92 Å². The predicted octanol–water partition coefficient (Wildman–Crippen LogP) is 2.40. The molecule has 0 amide bonds. The van der Waals surface area contributed by atoms with E-state index < -0.39 is 28.2 Å². The number of carboxylic acids is 1. The summed E-state index contributed by atoms with van der Waals surface area (Å²) in [5.41, 5.74) is -1.66. The van der Waals surface area contributed by atoms with E-state index in [2.05, 4.69) is 21.2 Å². The summed E-state index contributed by atoms with van der Waals surface area (Å²) in [5, 5.41) is 23.0. The molecule has 1 aliphatic rings. The summed E-state index contributed by atoms with van der Waals surface area (Å²) in [7, 11) is 0. The minimum absolute atomic E-state index is 0.0210. The van der Waals surface area contributed by atoms with Crippen LogP contribution in [0.25, 0.3) is 0 Å². The lowest BCUT2D eigenvalue weighted by Gasteiger charge is -2.26. The highest BCUT2D eigenvalue weighted by atomic mass is 79.9. The van der Waals surface area contributed by atoms with E-state index in [0.717, 1.165) is 12.1 Å². The summed E-state index contributed by atoms with van der Waals surface area (Å²) in [6.45, 7) is 1.52. The lowest BCUT2D eigenvalue weighted by atomic mass is 9.85. The van der Waals surface area contributed by atoms with Crippen LogP contribution >= 0.6 is 15.9 Å². The summed E-state index contributed by atoms with van der Waals surface area (Å²) in [4.78, 5) is 21.7. The minimum atomic E-state index is -1.24. The van der Waals surface area contributed by atoms with E-state index >= 15 is 0 Å². The molecule has 7 nitrogen and oxygen atoms in total. The summed E-state index contributed by atoms with van der Waals surface area (Å²) in [6, 6.07) is 1.29. The largest absolute Gasteiger partial charge is 0.481 e. The maximum Gasteiger partial charge on any atom is 0.313 e. The molecule has 1 heterocycles. The molecule has 0 saturated carbocycles. The Bertz CT molecular complexity index is 612. The van der Waals surface area contributed by atoms with Crippen molar-refractivity contribution in [3.8, 4) is 0 Å². The number of aliphatic carboxylic acids is 1. The van der Waals surface area contributed by atoms with E-state index in [4.69, 9.17) is 4.74 Å². The van der Waals surface area contributed by atoms with Crippen LogP contribution in [0.3, 0.4) is 0 Å². The van der Waals surface area contributed by atoms with Crippen LogP contribution in [0.2, 0.25) is 0 Å². The number of nitrogens with zero attached hydrogens (tertiary/aromatic N) is 1. The van der Waals surface area contributed by atoms with Crippen LogP contribution in [0.5, 0.6) is 0 Å². The molecule has 114 valence electrons. The summed E-state index contributed by atoms with van der Waals surface area (Å²) < 4.78 is 18.7. The van der Waals surface area contributed by atoms with Crippen molar-refractivity contribution in [1.29, 1.82) is 0 Å². The lowest BCUT2D eigenvalue weighted by molar-refractivity contribution is -0.384. The second-order valence-corrected chi connectivity index (χ2v) is 5.83. The third kappa shape index (κ3) is 2.84. The van der Waals surface area contributed by atoms with Gasteiger partial charge in [0.05, 0.1) is 28.7 Å². The van der Waals surface area contributed by atoms with Gasteiger partial charge in [-0.05, 0) is 22.9 Å². The number of hydrogen-bond donors (Lipinski definition) is 2. The maximum absolute atomic E-state index is 13.6. The Morgan fingerprint density at radius 2 is 2.33 bits per heavy atom. The van der Waals surface area contributed by atoms with Crippen LogP contribution < -0.4 is 5.32 Å². The Kier molecular flexibility index (Phi) is 4.15. The van der Waals surface area contributed by atoms with Crippen LogP contribution in [0.1, 0.15) is 6.92 Å². The topological polar surface area (TPSA) is 102 Å². The number of carboxylic acid groups (broad SMARTS) is 1. The summed E-state index contributed by atoms with van der Waals surface area (Å²) in [5.74, 6) is -1.77.